The van der Waals surface area contributed by atoms with Crippen LogP contribution in [0, 0.1) is 21.1 Å². The average Bonchev–Trinajstić information content (AvgIpc) is 3.22. The van der Waals surface area contributed by atoms with Crippen molar-refractivity contribution in [3.63, 3.8) is 0 Å². The van der Waals surface area contributed by atoms with Crippen LogP contribution < -0.4 is 4.73 Å². The summed E-state index contributed by atoms with van der Waals surface area (Å²) in [6.45, 7) is 0. The lowest BCUT2D eigenvalue weighted by atomic mass is 10.2. The van der Waals surface area contributed by atoms with Gasteiger partial charge in [-0.2, -0.15) is 0 Å². The van der Waals surface area contributed by atoms with E-state index < -0.39 is 4.92 Å². The van der Waals surface area contributed by atoms with Gasteiger partial charge in [0.15, 0.2) is 0 Å². The molecule has 0 N–H and O–H groups in total. The first-order chi connectivity index (χ1) is 14.5. The van der Waals surface area contributed by atoms with Crippen LogP contribution in [0.5, 0.6) is 0 Å². The van der Waals surface area contributed by atoms with Crippen LogP contribution in [-0.4, -0.2) is 9.91 Å². The molecule has 30 heavy (non-hydrogen) atoms. The Kier molecular flexibility index (Phi) is 5.04. The molecule has 0 atom stereocenters. The second kappa shape index (κ2) is 7.96. The first kappa shape index (κ1) is 19.0. The van der Waals surface area contributed by atoms with Crippen LogP contribution in [0.25, 0.3) is 34.9 Å². The number of furan rings is 1. The highest BCUT2D eigenvalue weighted by Gasteiger charge is 2.16. The maximum atomic E-state index is 13.1. The van der Waals surface area contributed by atoms with Gasteiger partial charge in [-0.25, -0.2) is 9.12 Å². The van der Waals surface area contributed by atoms with Gasteiger partial charge in [0.1, 0.15) is 29.2 Å². The molecule has 2 aromatic heterocycles. The Labute approximate surface area is 170 Å². The molecule has 0 aliphatic heterocycles. The van der Waals surface area contributed by atoms with Crippen molar-refractivity contribution in [1.82, 2.24) is 4.98 Å². The Hall–Kier alpha value is -4.33. The monoisotopic (exact) mass is 403 g/mol. The minimum Gasteiger partial charge on any atom is -0.710 e. The second-order valence-corrected chi connectivity index (χ2v) is 6.34. The fraction of sp³-hybridized carbons (Fsp3) is 0. The fourth-order valence-electron chi connectivity index (χ4n) is 2.88. The molecule has 4 aromatic rings. The Balaban J connectivity index is 1.61. The maximum Gasteiger partial charge on any atom is 0.333 e. The number of hydrogen-bond donors (Lipinski definition) is 0. The zero-order chi connectivity index (χ0) is 21.1. The predicted octanol–water partition coefficient (Wildman–Crippen LogP) is 4.86. The van der Waals surface area contributed by atoms with Crippen LogP contribution in [0.15, 0.2) is 77.3 Å². The van der Waals surface area contributed by atoms with Crippen molar-refractivity contribution in [3.05, 3.63) is 106 Å². The number of halogens is 1. The standard InChI is InChI=1S/C22H14FN3O4/c23-17-6-4-15(5-7-17)21-11-10-20(30-21)9-8-18-12-13-24-22(25(18)27)16-2-1-3-19(14-16)26(28)29/h1-14H/b9-8+. The number of nitrogens with zero attached hydrogens (tertiary/aromatic N) is 3. The molecule has 8 heteroatoms. The number of nitro groups is 1. The molecule has 0 spiro atoms. The number of nitro benzene ring substituents is 1. The number of non-ortho nitro benzene ring substituents is 1. The van der Waals surface area contributed by atoms with Crippen LogP contribution in [0.2, 0.25) is 0 Å². The van der Waals surface area contributed by atoms with Crippen molar-refractivity contribution in [1.29, 1.82) is 0 Å². The third-order valence-electron chi connectivity index (χ3n) is 4.36. The van der Waals surface area contributed by atoms with Gasteiger partial charge in [-0.3, -0.25) is 10.1 Å². The Bertz CT molecular complexity index is 1250. The third kappa shape index (κ3) is 3.93. The lowest BCUT2D eigenvalue weighted by Gasteiger charge is -2.08. The maximum absolute atomic E-state index is 13.1. The molecule has 0 bridgehead atoms. The number of rotatable bonds is 5. The number of hydrogen-bond acceptors (Lipinski definition) is 5. The van der Waals surface area contributed by atoms with Crippen molar-refractivity contribution in [2.24, 2.45) is 0 Å². The van der Waals surface area contributed by atoms with Gasteiger partial charge in [0.25, 0.3) is 5.69 Å². The first-order valence-corrected chi connectivity index (χ1v) is 8.88. The Morgan fingerprint density at radius 2 is 1.80 bits per heavy atom. The molecule has 0 radical (unpaired) electrons. The topological polar surface area (TPSA) is 96.1 Å². The summed E-state index contributed by atoms with van der Waals surface area (Å²) in [5, 5.41) is 23.7. The van der Waals surface area contributed by atoms with E-state index >= 15 is 0 Å². The van der Waals surface area contributed by atoms with Crippen molar-refractivity contribution >= 4 is 17.8 Å². The summed E-state index contributed by atoms with van der Waals surface area (Å²) in [6.07, 6.45) is 4.63. The van der Waals surface area contributed by atoms with Crippen molar-refractivity contribution < 1.29 is 18.5 Å². The van der Waals surface area contributed by atoms with Crippen LogP contribution in [-0.2, 0) is 0 Å². The molecule has 0 unspecified atom stereocenters. The lowest BCUT2D eigenvalue weighted by molar-refractivity contribution is -0.598. The smallest absolute Gasteiger partial charge is 0.333 e. The first-order valence-electron chi connectivity index (χ1n) is 8.88. The average molecular weight is 403 g/mol. The van der Waals surface area contributed by atoms with Crippen LogP contribution in [0.4, 0.5) is 10.1 Å². The van der Waals surface area contributed by atoms with E-state index in [1.165, 1.54) is 42.6 Å². The van der Waals surface area contributed by atoms with Gasteiger partial charge >= 0.3 is 5.82 Å². The molecule has 0 aliphatic rings. The minimum atomic E-state index is -0.530. The third-order valence-corrected chi connectivity index (χ3v) is 4.36. The van der Waals surface area contributed by atoms with Crippen LogP contribution >= 0.6 is 0 Å². The molecule has 2 heterocycles. The molecular weight excluding hydrogens is 389 g/mol. The van der Waals surface area contributed by atoms with Crippen molar-refractivity contribution in [3.8, 4) is 22.7 Å². The molecule has 148 valence electrons. The molecule has 7 nitrogen and oxygen atoms in total. The summed E-state index contributed by atoms with van der Waals surface area (Å²) < 4.78 is 19.4. The van der Waals surface area contributed by atoms with Gasteiger partial charge < -0.3 is 9.62 Å². The lowest BCUT2D eigenvalue weighted by Crippen LogP contribution is -2.33. The van der Waals surface area contributed by atoms with E-state index in [0.717, 1.165) is 5.56 Å². The van der Waals surface area contributed by atoms with Crippen LogP contribution in [0.1, 0.15) is 11.5 Å². The van der Waals surface area contributed by atoms with Crippen molar-refractivity contribution in [2.45, 2.75) is 0 Å². The van der Waals surface area contributed by atoms with Crippen LogP contribution in [0.3, 0.4) is 0 Å². The Morgan fingerprint density at radius 3 is 2.57 bits per heavy atom. The highest BCUT2D eigenvalue weighted by Crippen LogP contribution is 2.24. The van der Waals surface area contributed by atoms with Gasteiger partial charge in [0.05, 0.1) is 10.5 Å². The van der Waals surface area contributed by atoms with E-state index in [-0.39, 0.29) is 23.0 Å². The van der Waals surface area contributed by atoms with Gasteiger partial charge in [-0.1, -0.05) is 6.07 Å². The number of benzene rings is 2. The van der Waals surface area contributed by atoms with E-state index in [1.807, 2.05) is 0 Å². The molecule has 0 aliphatic carbocycles. The summed E-state index contributed by atoms with van der Waals surface area (Å²) in [5.41, 5.74) is 1.23. The fourth-order valence-corrected chi connectivity index (χ4v) is 2.88. The molecule has 2 aromatic carbocycles. The quantitative estimate of drug-likeness (QED) is 0.205. The summed E-state index contributed by atoms with van der Waals surface area (Å²) in [7, 11) is 0. The summed E-state index contributed by atoms with van der Waals surface area (Å²) in [4.78, 5) is 14.5. The van der Waals surface area contributed by atoms with E-state index in [0.29, 0.717) is 21.8 Å². The summed E-state index contributed by atoms with van der Waals surface area (Å²) in [5.74, 6) is 0.787. The molecule has 4 rings (SSSR count). The van der Waals surface area contributed by atoms with Gasteiger partial charge in [-0.15, -0.1) is 0 Å². The van der Waals surface area contributed by atoms with E-state index in [1.54, 1.807) is 42.5 Å². The predicted molar refractivity (Wildman–Crippen MR) is 108 cm³/mol. The zero-order valence-corrected chi connectivity index (χ0v) is 15.4. The van der Waals surface area contributed by atoms with E-state index in [4.69, 9.17) is 4.42 Å². The largest absolute Gasteiger partial charge is 0.710 e. The Morgan fingerprint density at radius 1 is 1.00 bits per heavy atom. The minimum absolute atomic E-state index is 0.0484. The number of aromatic nitrogens is 2. The highest BCUT2D eigenvalue weighted by atomic mass is 19.1. The van der Waals surface area contributed by atoms with Crippen molar-refractivity contribution in [2.75, 3.05) is 0 Å². The normalized spacial score (nSPS) is 11.1. The molecular formula is C22H14FN3O4. The molecule has 0 amide bonds. The summed E-state index contributed by atoms with van der Waals surface area (Å²) >= 11 is 0. The highest BCUT2D eigenvalue weighted by molar-refractivity contribution is 5.67. The SMILES string of the molecule is O=[N+]([O-])c1cccc(-c2nccc(/C=C/c3ccc(-c4ccc(F)cc4)o3)[n+]2[O-])c1. The van der Waals surface area contributed by atoms with E-state index in [2.05, 4.69) is 4.98 Å². The van der Waals surface area contributed by atoms with Gasteiger partial charge in [0.2, 0.25) is 0 Å². The molecule has 0 saturated carbocycles. The zero-order valence-electron chi connectivity index (χ0n) is 15.4. The molecule has 0 saturated heterocycles. The van der Waals surface area contributed by atoms with E-state index in [9.17, 15) is 19.7 Å². The van der Waals surface area contributed by atoms with Gasteiger partial charge in [-0.05, 0) is 59.6 Å². The second-order valence-electron chi connectivity index (χ2n) is 6.34. The summed E-state index contributed by atoms with van der Waals surface area (Å²) in [6, 6.07) is 16.6. The van der Waals surface area contributed by atoms with Gasteiger partial charge in [0, 0.05) is 23.8 Å². The molecule has 0 fully saturated rings.